The van der Waals surface area contributed by atoms with Gasteiger partial charge in [0.15, 0.2) is 0 Å². The zero-order valence-corrected chi connectivity index (χ0v) is 19.7. The maximum atomic E-state index is 6.66. The molecule has 1 aliphatic carbocycles. The van der Waals surface area contributed by atoms with Crippen molar-refractivity contribution in [2.45, 2.75) is 19.3 Å². The molecule has 5 aromatic carbocycles. The van der Waals surface area contributed by atoms with E-state index in [0.717, 1.165) is 11.3 Å². The van der Waals surface area contributed by atoms with E-state index in [-0.39, 0.29) is 5.41 Å². The van der Waals surface area contributed by atoms with Gasteiger partial charge in [0.2, 0.25) is 0 Å². The molecule has 7 aromatic rings. The van der Waals surface area contributed by atoms with Gasteiger partial charge in [0.1, 0.15) is 11.3 Å². The first-order chi connectivity index (χ1) is 17.1. The topological polar surface area (TPSA) is 18.1 Å². The molecular formula is C33H23NO. The summed E-state index contributed by atoms with van der Waals surface area (Å²) in [6, 6.07) is 37.3. The Bertz CT molecular complexity index is 1980. The van der Waals surface area contributed by atoms with Crippen LogP contribution < -0.4 is 0 Å². The van der Waals surface area contributed by atoms with Crippen molar-refractivity contribution in [3.05, 3.63) is 114 Å². The highest BCUT2D eigenvalue weighted by Crippen LogP contribution is 2.53. The average molecular weight is 450 g/mol. The van der Waals surface area contributed by atoms with E-state index in [4.69, 9.17) is 4.42 Å². The predicted molar refractivity (Wildman–Crippen MR) is 146 cm³/mol. The van der Waals surface area contributed by atoms with Crippen molar-refractivity contribution in [2.75, 3.05) is 0 Å². The summed E-state index contributed by atoms with van der Waals surface area (Å²) in [6.07, 6.45) is 0. The predicted octanol–water partition coefficient (Wildman–Crippen LogP) is 8.99. The lowest BCUT2D eigenvalue weighted by atomic mass is 9.86. The third-order valence-corrected chi connectivity index (χ3v) is 7.91. The molecule has 0 fully saturated rings. The van der Waals surface area contributed by atoms with Crippen molar-refractivity contribution in [1.82, 2.24) is 4.57 Å². The van der Waals surface area contributed by atoms with Crippen LogP contribution >= 0.6 is 0 Å². The number of para-hydroxylation sites is 1. The van der Waals surface area contributed by atoms with E-state index in [0.29, 0.717) is 0 Å². The van der Waals surface area contributed by atoms with Crippen LogP contribution in [0.1, 0.15) is 25.2 Å². The fraction of sp³-hybridized carbons (Fsp3) is 0.0909. The first-order valence-corrected chi connectivity index (χ1v) is 12.2. The third kappa shape index (κ3) is 2.39. The minimum absolute atomic E-state index is 0.147. The highest BCUT2D eigenvalue weighted by Gasteiger charge is 2.40. The number of hydrogen-bond acceptors (Lipinski definition) is 1. The molecular weight excluding hydrogens is 426 g/mol. The Labute approximate surface area is 203 Å². The first kappa shape index (κ1) is 19.1. The fourth-order valence-corrected chi connectivity index (χ4v) is 6.23. The molecule has 0 saturated heterocycles. The van der Waals surface area contributed by atoms with E-state index in [2.05, 4.69) is 122 Å². The molecule has 0 unspecified atom stereocenters. The molecule has 35 heavy (non-hydrogen) atoms. The summed E-state index contributed by atoms with van der Waals surface area (Å²) < 4.78 is 9.04. The summed E-state index contributed by atoms with van der Waals surface area (Å²) in [5.74, 6) is 1.07. The van der Waals surface area contributed by atoms with Crippen LogP contribution in [0.4, 0.5) is 0 Å². The van der Waals surface area contributed by atoms with E-state index in [1.165, 1.54) is 60.3 Å². The second kappa shape index (κ2) is 6.43. The molecule has 2 nitrogen and oxygen atoms in total. The van der Waals surface area contributed by atoms with Gasteiger partial charge in [-0.15, -0.1) is 0 Å². The Kier molecular flexibility index (Phi) is 3.50. The lowest BCUT2D eigenvalue weighted by Crippen LogP contribution is -2.14. The molecule has 1 aliphatic rings. The Hall–Kier alpha value is -4.30. The molecule has 0 aliphatic heterocycles. The monoisotopic (exact) mass is 449 g/mol. The van der Waals surface area contributed by atoms with E-state index in [1.54, 1.807) is 0 Å². The molecule has 0 saturated carbocycles. The van der Waals surface area contributed by atoms with Crippen molar-refractivity contribution in [3.8, 4) is 16.8 Å². The van der Waals surface area contributed by atoms with Crippen LogP contribution in [0, 0.1) is 0 Å². The van der Waals surface area contributed by atoms with Crippen LogP contribution in [0.25, 0.3) is 60.4 Å². The van der Waals surface area contributed by atoms with Gasteiger partial charge in [-0.25, -0.2) is 0 Å². The van der Waals surface area contributed by atoms with E-state index in [9.17, 15) is 0 Å². The summed E-state index contributed by atoms with van der Waals surface area (Å²) in [5, 5.41) is 6.21. The molecule has 0 amide bonds. The van der Waals surface area contributed by atoms with Gasteiger partial charge in [0.25, 0.3) is 0 Å². The Morgan fingerprint density at radius 2 is 1.40 bits per heavy atom. The lowest BCUT2D eigenvalue weighted by molar-refractivity contribution is 0.465. The number of nitrogens with zero attached hydrogens (tertiary/aromatic N) is 1. The largest absolute Gasteiger partial charge is 0.459 e. The maximum absolute atomic E-state index is 6.66. The smallest absolute Gasteiger partial charge is 0.137 e. The number of hydrogen-bond donors (Lipinski definition) is 0. The standard InChI is InChI=1S/C33H23NO/c1-33(2)27-13-7-5-12-24(27)31-26-18-25-23-11-6-8-14-28(23)34(29(25)19-30(26)35-32(31)33)22-16-15-20-9-3-4-10-21(20)17-22/h3-19H,1-2H3. The van der Waals surface area contributed by atoms with Crippen molar-refractivity contribution >= 4 is 43.5 Å². The van der Waals surface area contributed by atoms with Crippen LogP contribution in [0.5, 0.6) is 0 Å². The van der Waals surface area contributed by atoms with E-state index >= 15 is 0 Å². The van der Waals surface area contributed by atoms with Crippen LogP contribution in [-0.2, 0) is 5.41 Å². The van der Waals surface area contributed by atoms with Crippen LogP contribution in [0.2, 0.25) is 0 Å². The zero-order chi connectivity index (χ0) is 23.3. The van der Waals surface area contributed by atoms with Gasteiger partial charge in [0.05, 0.1) is 11.0 Å². The van der Waals surface area contributed by atoms with Gasteiger partial charge in [-0.3, -0.25) is 0 Å². The van der Waals surface area contributed by atoms with Gasteiger partial charge in [-0.2, -0.15) is 0 Å². The number of furan rings is 1. The minimum Gasteiger partial charge on any atom is -0.459 e. The molecule has 0 radical (unpaired) electrons. The van der Waals surface area contributed by atoms with Gasteiger partial charge in [-0.05, 0) is 60.0 Å². The van der Waals surface area contributed by atoms with Crippen LogP contribution in [-0.4, -0.2) is 4.57 Å². The molecule has 2 aromatic heterocycles. The first-order valence-electron chi connectivity index (χ1n) is 12.2. The normalized spacial score (nSPS) is 14.2. The van der Waals surface area contributed by atoms with Crippen LogP contribution in [0.3, 0.4) is 0 Å². The zero-order valence-electron chi connectivity index (χ0n) is 19.7. The van der Waals surface area contributed by atoms with Crippen molar-refractivity contribution < 1.29 is 4.42 Å². The second-order valence-corrected chi connectivity index (χ2v) is 10.2. The summed E-state index contributed by atoms with van der Waals surface area (Å²) in [6.45, 7) is 4.54. The maximum Gasteiger partial charge on any atom is 0.137 e. The molecule has 2 heteroatoms. The quantitative estimate of drug-likeness (QED) is 0.244. The van der Waals surface area contributed by atoms with E-state index < -0.39 is 0 Å². The Morgan fingerprint density at radius 1 is 0.629 bits per heavy atom. The third-order valence-electron chi connectivity index (χ3n) is 7.91. The number of fused-ring (bicyclic) bond motifs is 9. The van der Waals surface area contributed by atoms with E-state index in [1.807, 2.05) is 0 Å². The summed E-state index contributed by atoms with van der Waals surface area (Å²) in [7, 11) is 0. The van der Waals surface area contributed by atoms with Crippen molar-refractivity contribution in [2.24, 2.45) is 0 Å². The average Bonchev–Trinajstić information content (AvgIpc) is 3.49. The summed E-state index contributed by atoms with van der Waals surface area (Å²) in [4.78, 5) is 0. The SMILES string of the molecule is CC1(C)c2ccccc2-c2c1oc1cc3c(cc21)c1ccccc1n3-c1ccc2ccccc2c1. The van der Waals surface area contributed by atoms with Gasteiger partial charge < -0.3 is 8.98 Å². The molecule has 2 heterocycles. The van der Waals surface area contributed by atoms with Crippen LogP contribution in [0.15, 0.2) is 108 Å². The highest BCUT2D eigenvalue weighted by molar-refractivity contribution is 6.15. The number of rotatable bonds is 1. The molecule has 0 atom stereocenters. The molecule has 8 rings (SSSR count). The Balaban J connectivity index is 1.49. The summed E-state index contributed by atoms with van der Waals surface area (Å²) >= 11 is 0. The van der Waals surface area contributed by atoms with Crippen molar-refractivity contribution in [1.29, 1.82) is 0 Å². The van der Waals surface area contributed by atoms with Gasteiger partial charge in [0, 0.05) is 38.9 Å². The summed E-state index contributed by atoms with van der Waals surface area (Å²) in [5.41, 5.74) is 8.25. The second-order valence-electron chi connectivity index (χ2n) is 10.2. The van der Waals surface area contributed by atoms with Gasteiger partial charge in [-0.1, -0.05) is 72.8 Å². The highest BCUT2D eigenvalue weighted by atomic mass is 16.3. The molecule has 0 bridgehead atoms. The molecule has 0 spiro atoms. The fourth-order valence-electron chi connectivity index (χ4n) is 6.23. The molecule has 166 valence electrons. The molecule has 0 N–H and O–H groups in total. The number of benzene rings is 5. The minimum atomic E-state index is -0.147. The lowest BCUT2D eigenvalue weighted by Gasteiger charge is -2.18. The number of aromatic nitrogens is 1. The van der Waals surface area contributed by atoms with Gasteiger partial charge >= 0.3 is 0 Å². The Morgan fingerprint density at radius 3 is 2.31 bits per heavy atom. The van der Waals surface area contributed by atoms with Crippen molar-refractivity contribution in [3.63, 3.8) is 0 Å².